The van der Waals surface area contributed by atoms with Crippen LogP contribution in [0, 0.1) is 0 Å². The highest BCUT2D eigenvalue weighted by molar-refractivity contribution is 6.79. The van der Waals surface area contributed by atoms with E-state index < -0.39 is 17.8 Å². The standard InChI is InChI=1S/C10H25NSi2/c1-10(2,12(3)4)13(5)11-8-6-7-9-11/h12-13H,6-9H2,1-5H3. The van der Waals surface area contributed by atoms with Gasteiger partial charge in [-0.1, -0.05) is 33.5 Å². The summed E-state index contributed by atoms with van der Waals surface area (Å²) in [5.41, 5.74) is 0. The molecule has 1 aliphatic rings. The molecule has 0 N–H and O–H groups in total. The molecule has 1 nitrogen and oxygen atoms in total. The van der Waals surface area contributed by atoms with Crippen LogP contribution in [-0.4, -0.2) is 35.4 Å². The second kappa shape index (κ2) is 4.28. The molecule has 0 aromatic carbocycles. The Hall–Kier alpha value is 0.394. The van der Waals surface area contributed by atoms with Gasteiger partial charge >= 0.3 is 0 Å². The quantitative estimate of drug-likeness (QED) is 0.653. The van der Waals surface area contributed by atoms with Gasteiger partial charge in [0.1, 0.15) is 8.96 Å². The maximum absolute atomic E-state index is 2.83. The summed E-state index contributed by atoms with van der Waals surface area (Å²) in [4.78, 5) is 0. The van der Waals surface area contributed by atoms with Crippen molar-refractivity contribution in [1.29, 1.82) is 0 Å². The van der Waals surface area contributed by atoms with Gasteiger partial charge in [0.15, 0.2) is 0 Å². The molecule has 0 aromatic heterocycles. The van der Waals surface area contributed by atoms with Crippen molar-refractivity contribution in [2.75, 3.05) is 13.1 Å². The minimum Gasteiger partial charge on any atom is -0.326 e. The molecular formula is C10H25NSi2. The number of nitrogens with zero attached hydrogens (tertiary/aromatic N) is 1. The molecular weight excluding hydrogens is 190 g/mol. The highest BCUT2D eigenvalue weighted by atomic mass is 28.3. The highest BCUT2D eigenvalue weighted by Crippen LogP contribution is 2.34. The van der Waals surface area contributed by atoms with E-state index in [0.29, 0.717) is 0 Å². The van der Waals surface area contributed by atoms with Crippen molar-refractivity contribution in [2.45, 2.75) is 51.0 Å². The Morgan fingerprint density at radius 1 is 1.00 bits per heavy atom. The number of rotatable bonds is 3. The van der Waals surface area contributed by atoms with E-state index in [4.69, 9.17) is 0 Å². The fraction of sp³-hybridized carbons (Fsp3) is 1.00. The molecule has 1 fully saturated rings. The van der Waals surface area contributed by atoms with Crippen LogP contribution in [0.1, 0.15) is 26.7 Å². The molecule has 0 aliphatic carbocycles. The van der Waals surface area contributed by atoms with Crippen molar-refractivity contribution in [1.82, 2.24) is 4.57 Å². The Balaban J connectivity index is 2.58. The predicted molar refractivity (Wildman–Crippen MR) is 66.7 cm³/mol. The molecule has 0 spiro atoms. The monoisotopic (exact) mass is 215 g/mol. The molecule has 1 saturated heterocycles. The van der Waals surface area contributed by atoms with Crippen molar-refractivity contribution < 1.29 is 0 Å². The van der Waals surface area contributed by atoms with E-state index in [1.54, 1.807) is 0 Å². The van der Waals surface area contributed by atoms with Gasteiger partial charge in [-0.15, -0.1) is 0 Å². The topological polar surface area (TPSA) is 3.24 Å². The van der Waals surface area contributed by atoms with E-state index in [-0.39, 0.29) is 0 Å². The van der Waals surface area contributed by atoms with Crippen LogP contribution in [0.5, 0.6) is 0 Å². The lowest BCUT2D eigenvalue weighted by Gasteiger charge is -2.39. The van der Waals surface area contributed by atoms with Crippen LogP contribution in [0.4, 0.5) is 0 Å². The zero-order valence-electron chi connectivity index (χ0n) is 9.93. The number of hydrogen-bond donors (Lipinski definition) is 0. The molecule has 0 aromatic rings. The normalized spacial score (nSPS) is 22.6. The lowest BCUT2D eigenvalue weighted by molar-refractivity contribution is 0.518. The third kappa shape index (κ3) is 2.45. The van der Waals surface area contributed by atoms with E-state index in [9.17, 15) is 0 Å². The summed E-state index contributed by atoms with van der Waals surface area (Å²) in [5.74, 6) is 0. The van der Waals surface area contributed by atoms with Crippen LogP contribution >= 0.6 is 0 Å². The summed E-state index contributed by atoms with van der Waals surface area (Å²) in [6, 6.07) is 0. The molecule has 0 saturated carbocycles. The van der Waals surface area contributed by atoms with E-state index in [1.165, 1.54) is 25.9 Å². The van der Waals surface area contributed by atoms with Crippen LogP contribution in [0.15, 0.2) is 0 Å². The summed E-state index contributed by atoms with van der Waals surface area (Å²) in [6.45, 7) is 15.4. The predicted octanol–water partition coefficient (Wildman–Crippen LogP) is 2.24. The summed E-state index contributed by atoms with van der Waals surface area (Å²) in [6.07, 6.45) is 2.90. The first-order chi connectivity index (χ1) is 5.96. The van der Waals surface area contributed by atoms with Gasteiger partial charge in [-0.05, 0) is 30.6 Å². The average molecular weight is 215 g/mol. The molecule has 1 aliphatic heterocycles. The third-order valence-corrected chi connectivity index (χ3v) is 14.4. The minimum absolute atomic E-state index is 0.474. The van der Waals surface area contributed by atoms with Crippen molar-refractivity contribution in [3.8, 4) is 0 Å². The van der Waals surface area contributed by atoms with E-state index in [2.05, 4.69) is 38.1 Å². The maximum atomic E-state index is 2.83. The van der Waals surface area contributed by atoms with E-state index in [1.807, 2.05) is 0 Å². The Kier molecular flexibility index (Phi) is 3.77. The second-order valence-electron chi connectivity index (χ2n) is 5.40. The Morgan fingerprint density at radius 2 is 1.46 bits per heavy atom. The zero-order valence-corrected chi connectivity index (χ0v) is 12.2. The van der Waals surface area contributed by atoms with Crippen LogP contribution in [0.2, 0.25) is 24.3 Å². The Labute approximate surface area is 86.8 Å². The van der Waals surface area contributed by atoms with Gasteiger partial charge in [0.2, 0.25) is 0 Å². The molecule has 0 bridgehead atoms. The fourth-order valence-corrected chi connectivity index (χ4v) is 8.65. The first kappa shape index (κ1) is 11.5. The summed E-state index contributed by atoms with van der Waals surface area (Å²) in [5, 5.41) is 0. The first-order valence-electron chi connectivity index (χ1n) is 5.70. The van der Waals surface area contributed by atoms with Gasteiger partial charge < -0.3 is 4.57 Å². The lowest BCUT2D eigenvalue weighted by atomic mass is 10.4. The molecule has 1 heterocycles. The summed E-state index contributed by atoms with van der Waals surface area (Å²) < 4.78 is 3.55. The number of hydrogen-bond acceptors (Lipinski definition) is 1. The molecule has 0 radical (unpaired) electrons. The SMILES string of the molecule is C[SiH](C)C(C)(C)[SiH](C)N1CCCC1. The Morgan fingerprint density at radius 3 is 1.85 bits per heavy atom. The van der Waals surface area contributed by atoms with Gasteiger partial charge in [-0.3, -0.25) is 0 Å². The van der Waals surface area contributed by atoms with Gasteiger partial charge in [0.25, 0.3) is 0 Å². The van der Waals surface area contributed by atoms with Crippen molar-refractivity contribution in [3.05, 3.63) is 0 Å². The summed E-state index contributed by atoms with van der Waals surface area (Å²) in [7, 11) is -1.10. The minimum atomic E-state index is -0.627. The summed E-state index contributed by atoms with van der Waals surface area (Å²) >= 11 is 0. The highest BCUT2D eigenvalue weighted by Gasteiger charge is 2.36. The molecule has 1 rings (SSSR count). The molecule has 13 heavy (non-hydrogen) atoms. The van der Waals surface area contributed by atoms with Crippen molar-refractivity contribution >= 4 is 17.8 Å². The van der Waals surface area contributed by atoms with Crippen LogP contribution < -0.4 is 0 Å². The van der Waals surface area contributed by atoms with Crippen molar-refractivity contribution in [2.24, 2.45) is 0 Å². The molecule has 1 unspecified atom stereocenters. The maximum Gasteiger partial charge on any atom is 0.111 e. The van der Waals surface area contributed by atoms with Gasteiger partial charge in [-0.25, -0.2) is 0 Å². The molecule has 3 heteroatoms. The molecule has 1 atom stereocenters. The largest absolute Gasteiger partial charge is 0.326 e. The van der Waals surface area contributed by atoms with Crippen LogP contribution in [-0.2, 0) is 0 Å². The zero-order chi connectivity index (χ0) is 10.1. The molecule has 78 valence electrons. The smallest absolute Gasteiger partial charge is 0.111 e. The lowest BCUT2D eigenvalue weighted by Crippen LogP contribution is -2.47. The first-order valence-corrected chi connectivity index (χ1v) is 10.8. The van der Waals surface area contributed by atoms with Crippen LogP contribution in [0.3, 0.4) is 0 Å². The van der Waals surface area contributed by atoms with E-state index >= 15 is 0 Å². The van der Waals surface area contributed by atoms with E-state index in [0.717, 1.165) is 4.66 Å². The third-order valence-electron chi connectivity index (χ3n) is 4.25. The average Bonchev–Trinajstić information content (AvgIpc) is 2.54. The van der Waals surface area contributed by atoms with Crippen LogP contribution in [0.25, 0.3) is 0 Å². The second-order valence-corrected chi connectivity index (χ2v) is 13.4. The van der Waals surface area contributed by atoms with Gasteiger partial charge in [-0.2, -0.15) is 0 Å². The van der Waals surface area contributed by atoms with Crippen molar-refractivity contribution in [3.63, 3.8) is 0 Å². The molecule has 0 amide bonds. The fourth-order valence-electron chi connectivity index (χ4n) is 2.08. The Bertz CT molecular complexity index is 162. The van der Waals surface area contributed by atoms with Gasteiger partial charge in [0.05, 0.1) is 0 Å². The van der Waals surface area contributed by atoms with Gasteiger partial charge in [0, 0.05) is 8.80 Å².